The highest BCUT2D eigenvalue weighted by molar-refractivity contribution is 6.46. The van der Waals surface area contributed by atoms with Gasteiger partial charge >= 0.3 is 0 Å². The number of carbonyl (C=O) groups is 2. The van der Waals surface area contributed by atoms with Gasteiger partial charge in [-0.2, -0.15) is 0 Å². The zero-order valence-electron chi connectivity index (χ0n) is 19.6. The Morgan fingerprint density at radius 2 is 1.85 bits per heavy atom. The van der Waals surface area contributed by atoms with Crippen LogP contribution in [0.4, 0.5) is 0 Å². The molecule has 0 aliphatic carbocycles. The molecular weight excluding hydrogens is 430 g/mol. The first-order chi connectivity index (χ1) is 16.3. The molecule has 4 rings (SSSR count). The van der Waals surface area contributed by atoms with Gasteiger partial charge in [0.2, 0.25) is 0 Å². The number of methoxy groups -OCH3 is 1. The second kappa shape index (κ2) is 9.47. The van der Waals surface area contributed by atoms with Crippen molar-refractivity contribution >= 4 is 17.4 Å². The number of ketones is 1. The Morgan fingerprint density at radius 1 is 1.12 bits per heavy atom. The Bertz CT molecular complexity index is 1250. The number of aliphatic hydroxyl groups excluding tert-OH is 1. The van der Waals surface area contributed by atoms with Gasteiger partial charge < -0.3 is 14.7 Å². The van der Waals surface area contributed by atoms with E-state index in [-0.39, 0.29) is 23.8 Å². The Labute approximate surface area is 198 Å². The molecule has 2 aromatic heterocycles. The van der Waals surface area contributed by atoms with Crippen molar-refractivity contribution in [2.45, 2.75) is 39.3 Å². The molecule has 0 bridgehead atoms. The van der Waals surface area contributed by atoms with Gasteiger partial charge in [-0.1, -0.05) is 19.9 Å². The summed E-state index contributed by atoms with van der Waals surface area (Å²) in [6, 6.07) is 11.7. The lowest BCUT2D eigenvalue weighted by Gasteiger charge is -2.25. The molecule has 7 heteroatoms. The number of hydrogen-bond acceptors (Lipinski definition) is 6. The largest absolute Gasteiger partial charge is 0.507 e. The number of nitrogens with zero attached hydrogens (tertiary/aromatic N) is 3. The number of amides is 1. The van der Waals surface area contributed by atoms with E-state index in [1.165, 1.54) is 4.90 Å². The summed E-state index contributed by atoms with van der Waals surface area (Å²) in [6.07, 6.45) is 4.88. The molecular formula is C27H27N3O4. The first kappa shape index (κ1) is 23.2. The highest BCUT2D eigenvalue weighted by atomic mass is 16.5. The summed E-state index contributed by atoms with van der Waals surface area (Å²) in [7, 11) is 1.60. The van der Waals surface area contributed by atoms with Crippen LogP contribution in [0.15, 0.2) is 66.6 Å². The van der Waals surface area contributed by atoms with E-state index < -0.39 is 17.7 Å². The molecule has 1 amide bonds. The van der Waals surface area contributed by atoms with Crippen molar-refractivity contribution in [3.05, 3.63) is 94.6 Å². The molecule has 34 heavy (non-hydrogen) atoms. The Morgan fingerprint density at radius 3 is 2.47 bits per heavy atom. The fraction of sp³-hybridized carbons (Fsp3) is 0.259. The van der Waals surface area contributed by atoms with E-state index in [0.717, 1.165) is 16.7 Å². The summed E-state index contributed by atoms with van der Waals surface area (Å²) in [4.78, 5) is 36.3. The van der Waals surface area contributed by atoms with Gasteiger partial charge in [-0.3, -0.25) is 19.6 Å². The van der Waals surface area contributed by atoms with Crippen LogP contribution in [0.1, 0.15) is 53.8 Å². The van der Waals surface area contributed by atoms with Gasteiger partial charge in [0.25, 0.3) is 11.7 Å². The van der Waals surface area contributed by atoms with Crippen molar-refractivity contribution in [1.29, 1.82) is 0 Å². The minimum Gasteiger partial charge on any atom is -0.507 e. The standard InChI is InChI=1S/C27H27N3O4/c1-16(2)19-14-20(17(3)13-22(19)34-4)25(31)23-24(21-7-5-6-10-29-21)30(27(33)26(23)32)15-18-8-11-28-12-9-18/h5-14,16,24,31H,15H2,1-4H3/b25-23+. The lowest BCUT2D eigenvalue weighted by atomic mass is 9.92. The summed E-state index contributed by atoms with van der Waals surface area (Å²) in [5, 5.41) is 11.5. The van der Waals surface area contributed by atoms with Crippen molar-refractivity contribution < 1.29 is 19.4 Å². The molecule has 1 fully saturated rings. The number of Topliss-reactive ketones (excluding diaryl/α,β-unsaturated/α-hetero) is 1. The average Bonchev–Trinajstić information content (AvgIpc) is 3.09. The van der Waals surface area contributed by atoms with E-state index >= 15 is 0 Å². The molecule has 0 radical (unpaired) electrons. The van der Waals surface area contributed by atoms with Crippen LogP contribution in [0.3, 0.4) is 0 Å². The highest BCUT2D eigenvalue weighted by Gasteiger charge is 2.46. The van der Waals surface area contributed by atoms with E-state index in [1.54, 1.807) is 56.0 Å². The lowest BCUT2D eigenvalue weighted by molar-refractivity contribution is -0.140. The summed E-state index contributed by atoms with van der Waals surface area (Å²) < 4.78 is 5.52. The Hall–Kier alpha value is -4.00. The predicted octanol–water partition coefficient (Wildman–Crippen LogP) is 4.54. The van der Waals surface area contributed by atoms with Gasteiger partial charge in [-0.05, 0) is 65.9 Å². The quantitative estimate of drug-likeness (QED) is 0.332. The minimum absolute atomic E-state index is 0.0285. The van der Waals surface area contributed by atoms with Crippen molar-refractivity contribution in [1.82, 2.24) is 14.9 Å². The molecule has 1 aliphatic heterocycles. The maximum absolute atomic E-state index is 13.3. The number of benzene rings is 1. The summed E-state index contributed by atoms with van der Waals surface area (Å²) in [6.45, 7) is 6.07. The minimum atomic E-state index is -0.821. The zero-order chi connectivity index (χ0) is 24.4. The molecule has 0 spiro atoms. The van der Waals surface area contributed by atoms with Crippen molar-refractivity contribution in [3.63, 3.8) is 0 Å². The van der Waals surface area contributed by atoms with Crippen LogP contribution in [0.5, 0.6) is 5.75 Å². The number of aryl methyl sites for hydroxylation is 1. The second-order valence-electron chi connectivity index (χ2n) is 8.60. The number of ether oxygens (including phenoxy) is 1. The molecule has 3 aromatic rings. The number of aromatic nitrogens is 2. The fourth-order valence-electron chi connectivity index (χ4n) is 4.30. The van der Waals surface area contributed by atoms with Crippen LogP contribution in [0, 0.1) is 6.92 Å². The molecule has 1 unspecified atom stereocenters. The van der Waals surface area contributed by atoms with E-state index in [1.807, 2.05) is 32.9 Å². The molecule has 1 aliphatic rings. The SMILES string of the molecule is COc1cc(C)c(/C(O)=C2\C(=O)C(=O)N(Cc3ccncc3)C2c2ccccn2)cc1C(C)C. The highest BCUT2D eigenvalue weighted by Crippen LogP contribution is 2.41. The number of aliphatic hydroxyl groups is 1. The van der Waals surface area contributed by atoms with Gasteiger partial charge in [-0.25, -0.2) is 0 Å². The first-order valence-corrected chi connectivity index (χ1v) is 11.1. The average molecular weight is 458 g/mol. The fourth-order valence-corrected chi connectivity index (χ4v) is 4.30. The van der Waals surface area contributed by atoms with Crippen LogP contribution in [-0.4, -0.2) is 38.8 Å². The third kappa shape index (κ3) is 4.17. The monoisotopic (exact) mass is 457 g/mol. The summed E-state index contributed by atoms with van der Waals surface area (Å²) in [5.74, 6) is -0.785. The molecule has 7 nitrogen and oxygen atoms in total. The van der Waals surface area contributed by atoms with Crippen LogP contribution >= 0.6 is 0 Å². The van der Waals surface area contributed by atoms with Crippen LogP contribution in [0.25, 0.3) is 5.76 Å². The van der Waals surface area contributed by atoms with Gasteiger partial charge in [0.15, 0.2) is 0 Å². The summed E-state index contributed by atoms with van der Waals surface area (Å²) >= 11 is 0. The number of pyridine rings is 2. The van der Waals surface area contributed by atoms with Gasteiger partial charge in [0, 0.05) is 30.7 Å². The maximum atomic E-state index is 13.3. The normalized spacial score (nSPS) is 17.4. The molecule has 0 saturated carbocycles. The smallest absolute Gasteiger partial charge is 0.296 e. The topological polar surface area (TPSA) is 92.6 Å². The van der Waals surface area contributed by atoms with Crippen LogP contribution < -0.4 is 4.74 Å². The van der Waals surface area contributed by atoms with E-state index in [4.69, 9.17) is 4.74 Å². The molecule has 1 aromatic carbocycles. The summed E-state index contributed by atoms with van der Waals surface area (Å²) in [5.41, 5.74) is 3.48. The van der Waals surface area contributed by atoms with E-state index in [9.17, 15) is 14.7 Å². The van der Waals surface area contributed by atoms with E-state index in [0.29, 0.717) is 17.0 Å². The zero-order valence-corrected chi connectivity index (χ0v) is 19.6. The van der Waals surface area contributed by atoms with Crippen molar-refractivity contribution in [2.75, 3.05) is 7.11 Å². The molecule has 3 heterocycles. The molecule has 174 valence electrons. The maximum Gasteiger partial charge on any atom is 0.296 e. The van der Waals surface area contributed by atoms with E-state index in [2.05, 4.69) is 9.97 Å². The van der Waals surface area contributed by atoms with Gasteiger partial charge in [-0.15, -0.1) is 0 Å². The number of hydrogen-bond donors (Lipinski definition) is 1. The predicted molar refractivity (Wildman–Crippen MR) is 128 cm³/mol. The molecule has 1 N–H and O–H groups in total. The van der Waals surface area contributed by atoms with Crippen LogP contribution in [-0.2, 0) is 16.1 Å². The number of carbonyl (C=O) groups excluding carboxylic acids is 2. The van der Waals surface area contributed by atoms with Crippen LogP contribution in [0.2, 0.25) is 0 Å². The lowest BCUT2D eigenvalue weighted by Crippen LogP contribution is -2.29. The van der Waals surface area contributed by atoms with Crippen molar-refractivity contribution in [3.8, 4) is 5.75 Å². The van der Waals surface area contributed by atoms with Crippen molar-refractivity contribution in [2.24, 2.45) is 0 Å². The molecule has 1 saturated heterocycles. The Balaban J connectivity index is 1.90. The third-order valence-corrected chi connectivity index (χ3v) is 6.06. The first-order valence-electron chi connectivity index (χ1n) is 11.1. The second-order valence-corrected chi connectivity index (χ2v) is 8.60. The molecule has 1 atom stereocenters. The number of likely N-dealkylation sites (tertiary alicyclic amines) is 1. The third-order valence-electron chi connectivity index (χ3n) is 6.06. The van der Waals surface area contributed by atoms with Gasteiger partial charge in [0.1, 0.15) is 17.6 Å². The van der Waals surface area contributed by atoms with Gasteiger partial charge in [0.05, 0.1) is 18.4 Å². The Kier molecular flexibility index (Phi) is 6.45. The number of rotatable bonds is 6.